The number of hydrogen-bond acceptors (Lipinski definition) is 4. The summed E-state index contributed by atoms with van der Waals surface area (Å²) in [6.07, 6.45) is 11.6. The van der Waals surface area contributed by atoms with Crippen molar-refractivity contribution < 1.29 is 19.4 Å². The summed E-state index contributed by atoms with van der Waals surface area (Å²) in [5.74, 6) is 1.96. The second-order valence-electron chi connectivity index (χ2n) is 10.4. The van der Waals surface area contributed by atoms with Gasteiger partial charge >= 0.3 is 5.97 Å². The zero-order valence-electron chi connectivity index (χ0n) is 17.8. The first-order valence-electron chi connectivity index (χ1n) is 11.3. The molecule has 4 aliphatic rings. The van der Waals surface area contributed by atoms with E-state index in [0.29, 0.717) is 36.6 Å². The van der Waals surface area contributed by atoms with Crippen molar-refractivity contribution in [3.05, 3.63) is 11.6 Å². The van der Waals surface area contributed by atoms with Crippen molar-refractivity contribution in [3.8, 4) is 0 Å². The molecule has 3 saturated carbocycles. The monoisotopic (exact) mass is 388 g/mol. The molecule has 0 spiro atoms. The first-order valence-corrected chi connectivity index (χ1v) is 11.3. The first kappa shape index (κ1) is 20.1. The molecule has 0 bridgehead atoms. The van der Waals surface area contributed by atoms with Gasteiger partial charge in [-0.1, -0.05) is 19.4 Å². The molecule has 0 amide bonds. The van der Waals surface area contributed by atoms with Gasteiger partial charge in [0, 0.05) is 13.3 Å². The number of ketones is 1. The standard InChI is InChI=1S/C24H36O4/c1-16(25)28-14-4-10-24(27)13-9-21-19-6-5-17-15-18(26)7-11-22(17,2)20(19)8-12-23(21,24)3/h15,19-21,27H,4-14H2,1-3H3/t19-,20-,21+,22+,23+,24?/m1/s1. The fourth-order valence-corrected chi connectivity index (χ4v) is 7.66. The molecular weight excluding hydrogens is 352 g/mol. The maximum absolute atomic E-state index is 12.0. The molecule has 4 heteroatoms. The summed E-state index contributed by atoms with van der Waals surface area (Å²) in [4.78, 5) is 23.0. The minimum atomic E-state index is -0.637. The topological polar surface area (TPSA) is 63.6 Å². The number of carbonyl (C=O) groups excluding carboxylic acids is 2. The van der Waals surface area contributed by atoms with E-state index in [9.17, 15) is 14.7 Å². The second-order valence-corrected chi connectivity index (χ2v) is 10.4. The van der Waals surface area contributed by atoms with Crippen LogP contribution in [0.3, 0.4) is 0 Å². The summed E-state index contributed by atoms with van der Waals surface area (Å²) in [6, 6.07) is 0. The number of esters is 1. The van der Waals surface area contributed by atoms with Crippen LogP contribution in [-0.4, -0.2) is 29.1 Å². The highest BCUT2D eigenvalue weighted by Crippen LogP contribution is 2.68. The lowest BCUT2D eigenvalue weighted by Crippen LogP contribution is -2.54. The van der Waals surface area contributed by atoms with Crippen LogP contribution in [0.2, 0.25) is 0 Å². The zero-order valence-corrected chi connectivity index (χ0v) is 17.8. The van der Waals surface area contributed by atoms with Gasteiger partial charge in [-0.15, -0.1) is 0 Å². The van der Waals surface area contributed by atoms with Gasteiger partial charge in [0.2, 0.25) is 0 Å². The lowest BCUT2D eigenvalue weighted by molar-refractivity contribution is -0.144. The van der Waals surface area contributed by atoms with Crippen LogP contribution >= 0.6 is 0 Å². The van der Waals surface area contributed by atoms with Crippen molar-refractivity contribution in [2.24, 2.45) is 28.6 Å². The Morgan fingerprint density at radius 1 is 1.14 bits per heavy atom. The van der Waals surface area contributed by atoms with E-state index in [0.717, 1.165) is 51.4 Å². The predicted octanol–water partition coefficient (Wildman–Crippen LogP) is 4.59. The Hall–Kier alpha value is -1.16. The molecule has 3 fully saturated rings. The van der Waals surface area contributed by atoms with Crippen LogP contribution in [-0.2, 0) is 14.3 Å². The molecule has 4 nitrogen and oxygen atoms in total. The van der Waals surface area contributed by atoms with E-state index in [2.05, 4.69) is 13.8 Å². The van der Waals surface area contributed by atoms with E-state index in [1.807, 2.05) is 6.08 Å². The van der Waals surface area contributed by atoms with Crippen molar-refractivity contribution in [2.45, 2.75) is 90.6 Å². The average Bonchev–Trinajstić information content (AvgIpc) is 2.91. The smallest absolute Gasteiger partial charge is 0.302 e. The highest BCUT2D eigenvalue weighted by atomic mass is 16.5. The lowest BCUT2D eigenvalue weighted by Gasteiger charge is -2.59. The Balaban J connectivity index is 1.51. The van der Waals surface area contributed by atoms with Gasteiger partial charge in [0.1, 0.15) is 0 Å². The maximum atomic E-state index is 12.0. The van der Waals surface area contributed by atoms with E-state index in [4.69, 9.17) is 4.74 Å². The van der Waals surface area contributed by atoms with Crippen molar-refractivity contribution in [1.82, 2.24) is 0 Å². The van der Waals surface area contributed by atoms with Gasteiger partial charge in [0.15, 0.2) is 5.78 Å². The minimum absolute atomic E-state index is 0.0353. The summed E-state index contributed by atoms with van der Waals surface area (Å²) in [5.41, 5.74) is 0.923. The largest absolute Gasteiger partial charge is 0.466 e. The van der Waals surface area contributed by atoms with E-state index in [1.54, 1.807) is 0 Å². The quantitative estimate of drug-likeness (QED) is 0.565. The number of allylic oxidation sites excluding steroid dienone is 1. The number of aliphatic hydroxyl groups is 1. The minimum Gasteiger partial charge on any atom is -0.466 e. The Kier molecular flexibility index (Phi) is 5.01. The van der Waals surface area contributed by atoms with Gasteiger partial charge in [-0.05, 0) is 92.4 Å². The molecule has 0 aromatic rings. The normalized spacial score (nSPS) is 44.9. The third-order valence-corrected chi connectivity index (χ3v) is 9.32. The summed E-state index contributed by atoms with van der Waals surface area (Å²) < 4.78 is 5.10. The molecular formula is C24H36O4. The highest BCUT2D eigenvalue weighted by molar-refractivity contribution is 5.91. The number of hydrogen-bond donors (Lipinski definition) is 1. The molecule has 1 N–H and O–H groups in total. The van der Waals surface area contributed by atoms with Gasteiger partial charge in [-0.3, -0.25) is 9.59 Å². The third kappa shape index (κ3) is 2.98. The van der Waals surface area contributed by atoms with Gasteiger partial charge in [-0.25, -0.2) is 0 Å². The van der Waals surface area contributed by atoms with Gasteiger partial charge in [0.25, 0.3) is 0 Å². The molecule has 4 aliphatic carbocycles. The number of rotatable bonds is 4. The fourth-order valence-electron chi connectivity index (χ4n) is 7.66. The van der Waals surface area contributed by atoms with Crippen molar-refractivity contribution in [2.75, 3.05) is 6.61 Å². The molecule has 0 saturated heterocycles. The average molecular weight is 389 g/mol. The molecule has 0 heterocycles. The van der Waals surface area contributed by atoms with Gasteiger partial charge in [-0.2, -0.15) is 0 Å². The number of ether oxygens (including phenoxy) is 1. The van der Waals surface area contributed by atoms with E-state index in [-0.39, 0.29) is 16.8 Å². The Morgan fingerprint density at radius 2 is 1.89 bits per heavy atom. The molecule has 4 rings (SSSR count). The molecule has 0 radical (unpaired) electrons. The maximum Gasteiger partial charge on any atom is 0.302 e. The lowest BCUT2D eigenvalue weighted by atomic mass is 9.46. The van der Waals surface area contributed by atoms with E-state index in [1.165, 1.54) is 18.9 Å². The summed E-state index contributed by atoms with van der Waals surface area (Å²) in [6.45, 7) is 6.58. The molecule has 6 atom stereocenters. The molecule has 0 aromatic heterocycles. The highest BCUT2D eigenvalue weighted by Gasteiger charge is 2.63. The fraction of sp³-hybridized carbons (Fsp3) is 0.833. The molecule has 28 heavy (non-hydrogen) atoms. The number of fused-ring (bicyclic) bond motifs is 5. The van der Waals surface area contributed by atoms with Crippen molar-refractivity contribution in [3.63, 3.8) is 0 Å². The summed E-state index contributed by atoms with van der Waals surface area (Å²) in [5, 5.41) is 11.6. The third-order valence-electron chi connectivity index (χ3n) is 9.32. The van der Waals surface area contributed by atoms with Crippen LogP contribution in [0, 0.1) is 28.6 Å². The van der Waals surface area contributed by atoms with Crippen LogP contribution < -0.4 is 0 Å². The molecule has 1 unspecified atom stereocenters. The van der Waals surface area contributed by atoms with Gasteiger partial charge < -0.3 is 9.84 Å². The first-order chi connectivity index (χ1) is 13.2. The van der Waals surface area contributed by atoms with E-state index >= 15 is 0 Å². The summed E-state index contributed by atoms with van der Waals surface area (Å²) >= 11 is 0. The molecule has 0 aromatic carbocycles. The Bertz CT molecular complexity index is 697. The van der Waals surface area contributed by atoms with Crippen LogP contribution in [0.25, 0.3) is 0 Å². The second kappa shape index (κ2) is 6.97. The SMILES string of the molecule is CC(=O)OCCCC1(O)CC[C@H]2[C@@H]3CCC4=CC(=O)CC[C@]4(C)[C@@H]3CC[C@@]21C. The Morgan fingerprint density at radius 3 is 2.64 bits per heavy atom. The Labute approximate surface area is 169 Å². The predicted molar refractivity (Wildman–Crippen MR) is 108 cm³/mol. The van der Waals surface area contributed by atoms with E-state index < -0.39 is 5.60 Å². The van der Waals surface area contributed by atoms with Crippen LogP contribution in [0.15, 0.2) is 11.6 Å². The van der Waals surface area contributed by atoms with Crippen LogP contribution in [0.1, 0.15) is 85.0 Å². The molecule has 156 valence electrons. The van der Waals surface area contributed by atoms with Crippen molar-refractivity contribution in [1.29, 1.82) is 0 Å². The molecule has 0 aliphatic heterocycles. The van der Waals surface area contributed by atoms with Crippen LogP contribution in [0.5, 0.6) is 0 Å². The number of carbonyl (C=O) groups is 2. The van der Waals surface area contributed by atoms with Gasteiger partial charge in [0.05, 0.1) is 12.2 Å². The zero-order chi connectivity index (χ0) is 20.2. The van der Waals surface area contributed by atoms with Crippen molar-refractivity contribution >= 4 is 11.8 Å². The summed E-state index contributed by atoms with van der Waals surface area (Å²) in [7, 11) is 0. The van der Waals surface area contributed by atoms with Crippen LogP contribution in [0.4, 0.5) is 0 Å².